The molecule has 1 aromatic carbocycles. The van der Waals surface area contributed by atoms with Gasteiger partial charge in [-0.05, 0) is 12.0 Å². The molecule has 1 aliphatic heterocycles. The summed E-state index contributed by atoms with van der Waals surface area (Å²) in [5, 5.41) is 9.84. The number of aliphatic hydroxyl groups is 1. The Morgan fingerprint density at radius 2 is 2.06 bits per heavy atom. The lowest BCUT2D eigenvalue weighted by Gasteiger charge is -2.06. The zero-order valence-electron chi connectivity index (χ0n) is 10.3. The highest BCUT2D eigenvalue weighted by Crippen LogP contribution is 2.25. The highest BCUT2D eigenvalue weighted by atomic mass is 16.6. The molecule has 1 unspecified atom stereocenters. The Balaban J connectivity index is 2.02. The van der Waals surface area contributed by atoms with Gasteiger partial charge in [-0.25, -0.2) is 4.79 Å². The molecule has 1 aromatic rings. The number of hydrogen-bond donors (Lipinski definition) is 1. The molecule has 4 heteroatoms. The fourth-order valence-electron chi connectivity index (χ4n) is 1.81. The summed E-state index contributed by atoms with van der Waals surface area (Å²) in [5.41, 5.74) is 0.935. The lowest BCUT2D eigenvalue weighted by molar-refractivity contribution is -0.143. The molecule has 18 heavy (non-hydrogen) atoms. The van der Waals surface area contributed by atoms with Gasteiger partial charge in [-0.2, -0.15) is 0 Å². The van der Waals surface area contributed by atoms with Crippen LogP contribution in [0.2, 0.25) is 0 Å². The maximum absolute atomic E-state index is 11.5. The third-order valence-corrected chi connectivity index (χ3v) is 2.75. The minimum absolute atomic E-state index is 0.0581. The number of hydrogen-bond acceptors (Lipinski definition) is 4. The van der Waals surface area contributed by atoms with Gasteiger partial charge in [0.25, 0.3) is 0 Å². The number of aliphatic hydroxyl groups excluding tert-OH is 1. The van der Waals surface area contributed by atoms with E-state index in [1.165, 1.54) is 0 Å². The molecular formula is C14H16O4. The molecule has 1 N–H and O–H groups in total. The van der Waals surface area contributed by atoms with Crippen LogP contribution >= 0.6 is 0 Å². The number of carbonyl (C=O) groups excluding carboxylic acids is 1. The first-order chi connectivity index (χ1) is 8.72. The van der Waals surface area contributed by atoms with Crippen LogP contribution in [0.1, 0.15) is 25.3 Å². The molecule has 0 amide bonds. The van der Waals surface area contributed by atoms with Gasteiger partial charge in [-0.3, -0.25) is 0 Å². The van der Waals surface area contributed by atoms with E-state index in [4.69, 9.17) is 9.47 Å². The third kappa shape index (κ3) is 2.64. The van der Waals surface area contributed by atoms with Gasteiger partial charge in [0.15, 0.2) is 11.9 Å². The van der Waals surface area contributed by atoms with Crippen LogP contribution in [0.5, 0.6) is 0 Å². The summed E-state index contributed by atoms with van der Waals surface area (Å²) >= 11 is 0. The molecule has 0 saturated heterocycles. The van der Waals surface area contributed by atoms with Crippen molar-refractivity contribution in [3.05, 3.63) is 47.4 Å². The van der Waals surface area contributed by atoms with Crippen molar-refractivity contribution < 1.29 is 19.4 Å². The summed E-state index contributed by atoms with van der Waals surface area (Å²) in [6, 6.07) is 9.46. The molecule has 1 atom stereocenters. The maximum atomic E-state index is 11.5. The molecule has 1 heterocycles. The van der Waals surface area contributed by atoms with Crippen LogP contribution in [-0.2, 0) is 20.9 Å². The molecular weight excluding hydrogens is 232 g/mol. The molecule has 2 rings (SSSR count). The first kappa shape index (κ1) is 12.5. The second kappa shape index (κ2) is 5.58. The normalized spacial score (nSPS) is 18.9. The van der Waals surface area contributed by atoms with Gasteiger partial charge < -0.3 is 14.6 Å². The lowest BCUT2D eigenvalue weighted by Crippen LogP contribution is -2.10. The number of carbonyl (C=O) groups is 1. The Kier molecular flexibility index (Phi) is 3.87. The van der Waals surface area contributed by atoms with E-state index < -0.39 is 12.1 Å². The van der Waals surface area contributed by atoms with Crippen LogP contribution in [0, 0.1) is 0 Å². The van der Waals surface area contributed by atoms with E-state index in [1.54, 1.807) is 0 Å². The number of ether oxygens (including phenoxy) is 2. The van der Waals surface area contributed by atoms with Crippen LogP contribution in [0.15, 0.2) is 41.9 Å². The summed E-state index contributed by atoms with van der Waals surface area (Å²) in [6.45, 7) is 2.21. The standard InChI is InChI=1S/C14H16O4/c1-2-6-11-12(15)13(14(16)18-11)17-9-10-7-4-3-5-8-10/h3-5,7-8,11,15H,2,6,9H2,1H3. The monoisotopic (exact) mass is 248 g/mol. The minimum Gasteiger partial charge on any atom is -0.505 e. The summed E-state index contributed by atoms with van der Waals surface area (Å²) in [4.78, 5) is 11.5. The van der Waals surface area contributed by atoms with Crippen molar-refractivity contribution in [3.8, 4) is 0 Å². The average molecular weight is 248 g/mol. The van der Waals surface area contributed by atoms with Gasteiger partial charge in [0.2, 0.25) is 5.76 Å². The van der Waals surface area contributed by atoms with Crippen molar-refractivity contribution in [1.29, 1.82) is 0 Å². The molecule has 0 spiro atoms. The largest absolute Gasteiger partial charge is 0.505 e. The van der Waals surface area contributed by atoms with Crippen LogP contribution in [0.25, 0.3) is 0 Å². The average Bonchev–Trinajstić information content (AvgIpc) is 2.64. The second-order valence-electron chi connectivity index (χ2n) is 4.17. The van der Waals surface area contributed by atoms with Crippen molar-refractivity contribution in [1.82, 2.24) is 0 Å². The Hall–Kier alpha value is -1.97. The third-order valence-electron chi connectivity index (χ3n) is 2.75. The number of benzene rings is 1. The first-order valence-corrected chi connectivity index (χ1v) is 6.03. The fourth-order valence-corrected chi connectivity index (χ4v) is 1.81. The van der Waals surface area contributed by atoms with E-state index in [2.05, 4.69) is 0 Å². The molecule has 1 aliphatic rings. The molecule has 0 aromatic heterocycles. The number of cyclic esters (lactones) is 1. The lowest BCUT2D eigenvalue weighted by atomic mass is 10.2. The molecule has 0 bridgehead atoms. The smallest absolute Gasteiger partial charge is 0.378 e. The summed E-state index contributed by atoms with van der Waals surface area (Å²) in [6.07, 6.45) is 0.886. The number of rotatable bonds is 5. The highest BCUT2D eigenvalue weighted by molar-refractivity contribution is 5.89. The predicted molar refractivity (Wildman–Crippen MR) is 65.7 cm³/mol. The van der Waals surface area contributed by atoms with E-state index in [1.807, 2.05) is 37.3 Å². The van der Waals surface area contributed by atoms with E-state index in [0.29, 0.717) is 6.42 Å². The van der Waals surface area contributed by atoms with Gasteiger partial charge in [0.1, 0.15) is 6.61 Å². The van der Waals surface area contributed by atoms with E-state index >= 15 is 0 Å². The van der Waals surface area contributed by atoms with Gasteiger partial charge in [-0.1, -0.05) is 43.7 Å². The van der Waals surface area contributed by atoms with E-state index in [-0.39, 0.29) is 18.1 Å². The molecule has 0 fully saturated rings. The molecule has 96 valence electrons. The predicted octanol–water partition coefficient (Wildman–Crippen LogP) is 2.70. The fraction of sp³-hybridized carbons (Fsp3) is 0.357. The summed E-state index contributed by atoms with van der Waals surface area (Å²) < 4.78 is 10.4. The second-order valence-corrected chi connectivity index (χ2v) is 4.17. The Bertz CT molecular complexity index is 450. The quantitative estimate of drug-likeness (QED) is 0.814. The zero-order valence-corrected chi connectivity index (χ0v) is 10.3. The summed E-state index contributed by atoms with van der Waals surface area (Å²) in [7, 11) is 0. The Labute approximate surface area is 106 Å². The van der Waals surface area contributed by atoms with Gasteiger partial charge >= 0.3 is 5.97 Å². The maximum Gasteiger partial charge on any atom is 0.378 e. The SMILES string of the molecule is CCCC1OC(=O)C(OCc2ccccc2)=C1O. The van der Waals surface area contributed by atoms with Crippen molar-refractivity contribution in [3.63, 3.8) is 0 Å². The Morgan fingerprint density at radius 3 is 2.72 bits per heavy atom. The molecule has 0 saturated carbocycles. The van der Waals surface area contributed by atoms with Crippen molar-refractivity contribution >= 4 is 5.97 Å². The van der Waals surface area contributed by atoms with Crippen LogP contribution in [0.4, 0.5) is 0 Å². The summed E-state index contributed by atoms with van der Waals surface area (Å²) in [5.74, 6) is -0.725. The van der Waals surface area contributed by atoms with Crippen molar-refractivity contribution in [2.24, 2.45) is 0 Å². The van der Waals surface area contributed by atoms with E-state index in [0.717, 1.165) is 12.0 Å². The van der Waals surface area contributed by atoms with Gasteiger partial charge in [-0.15, -0.1) is 0 Å². The highest BCUT2D eigenvalue weighted by Gasteiger charge is 2.35. The first-order valence-electron chi connectivity index (χ1n) is 6.03. The van der Waals surface area contributed by atoms with E-state index in [9.17, 15) is 9.90 Å². The molecule has 0 aliphatic carbocycles. The molecule has 0 radical (unpaired) electrons. The number of esters is 1. The Morgan fingerprint density at radius 1 is 1.33 bits per heavy atom. The van der Waals surface area contributed by atoms with Gasteiger partial charge in [0, 0.05) is 0 Å². The van der Waals surface area contributed by atoms with Crippen molar-refractivity contribution in [2.75, 3.05) is 0 Å². The topological polar surface area (TPSA) is 55.8 Å². The van der Waals surface area contributed by atoms with Gasteiger partial charge in [0.05, 0.1) is 0 Å². The van der Waals surface area contributed by atoms with Crippen LogP contribution in [0.3, 0.4) is 0 Å². The van der Waals surface area contributed by atoms with Crippen molar-refractivity contribution in [2.45, 2.75) is 32.5 Å². The van der Waals surface area contributed by atoms with Crippen LogP contribution < -0.4 is 0 Å². The minimum atomic E-state index is -0.582. The van der Waals surface area contributed by atoms with Crippen LogP contribution in [-0.4, -0.2) is 17.2 Å². The molecule has 4 nitrogen and oxygen atoms in total. The zero-order chi connectivity index (χ0) is 13.0.